The summed E-state index contributed by atoms with van der Waals surface area (Å²) in [5.74, 6) is -0.138. The highest BCUT2D eigenvalue weighted by molar-refractivity contribution is 6.18. The zero-order chi connectivity index (χ0) is 11.2. The number of alkyl halides is 1. The molecule has 0 saturated carbocycles. The van der Waals surface area contributed by atoms with E-state index in [-0.39, 0.29) is 5.78 Å². The molecule has 14 heavy (non-hydrogen) atoms. The number of halogens is 1. The fourth-order valence-electron chi connectivity index (χ4n) is 0.965. The van der Waals surface area contributed by atoms with Gasteiger partial charge in [-0.25, -0.2) is 0 Å². The third-order valence-electron chi connectivity index (χ3n) is 2.02. The topological polar surface area (TPSA) is 43.4 Å². The van der Waals surface area contributed by atoms with E-state index in [0.29, 0.717) is 25.3 Å². The minimum atomic E-state index is -1.04. The molecule has 0 radical (unpaired) electrons. The van der Waals surface area contributed by atoms with E-state index < -0.39 is 11.4 Å². The second-order valence-corrected chi connectivity index (χ2v) is 3.94. The lowest BCUT2D eigenvalue weighted by Gasteiger charge is -2.20. The van der Waals surface area contributed by atoms with Gasteiger partial charge in [0.25, 0.3) is 0 Å². The van der Waals surface area contributed by atoms with Crippen LogP contribution in [0.2, 0.25) is 0 Å². The largest absolute Gasteiger partial charge is 0.465 e. The first-order valence-electron chi connectivity index (χ1n) is 4.73. The number of rotatable bonds is 6. The highest BCUT2D eigenvalue weighted by atomic mass is 35.5. The molecule has 0 aliphatic carbocycles. The van der Waals surface area contributed by atoms with Crippen LogP contribution in [0.15, 0.2) is 0 Å². The highest BCUT2D eigenvalue weighted by Gasteiger charge is 2.36. The van der Waals surface area contributed by atoms with Gasteiger partial charge in [0.05, 0.1) is 6.61 Å². The second-order valence-electron chi connectivity index (χ2n) is 3.56. The maximum absolute atomic E-state index is 11.6. The number of hydrogen-bond acceptors (Lipinski definition) is 3. The van der Waals surface area contributed by atoms with E-state index in [2.05, 4.69) is 0 Å². The van der Waals surface area contributed by atoms with Crippen molar-refractivity contribution in [3.8, 4) is 0 Å². The van der Waals surface area contributed by atoms with Gasteiger partial charge in [0, 0.05) is 12.3 Å². The average molecular weight is 221 g/mol. The quantitative estimate of drug-likeness (QED) is 0.392. The first kappa shape index (κ1) is 13.4. The van der Waals surface area contributed by atoms with Crippen LogP contribution >= 0.6 is 11.6 Å². The molecule has 0 heterocycles. The SMILES string of the molecule is CCOC(=O)C(C)(C)C(=O)CCCCl. The standard InChI is InChI=1S/C10H17ClO3/c1-4-14-9(13)10(2,3)8(12)6-5-7-11/h4-7H2,1-3H3. The minimum absolute atomic E-state index is 0.114. The Bertz CT molecular complexity index is 211. The molecule has 0 aromatic rings. The van der Waals surface area contributed by atoms with Crippen LogP contribution in [0, 0.1) is 5.41 Å². The zero-order valence-corrected chi connectivity index (χ0v) is 9.69. The van der Waals surface area contributed by atoms with Crippen molar-refractivity contribution in [1.29, 1.82) is 0 Å². The van der Waals surface area contributed by atoms with Gasteiger partial charge in [0.2, 0.25) is 0 Å². The van der Waals surface area contributed by atoms with E-state index in [1.807, 2.05) is 0 Å². The summed E-state index contributed by atoms with van der Waals surface area (Å²) in [5.41, 5.74) is -1.04. The molecule has 0 spiro atoms. The Hall–Kier alpha value is -0.570. The van der Waals surface area contributed by atoms with Gasteiger partial charge in [-0.2, -0.15) is 0 Å². The Kier molecular flexibility index (Phi) is 5.77. The van der Waals surface area contributed by atoms with E-state index in [9.17, 15) is 9.59 Å². The van der Waals surface area contributed by atoms with Gasteiger partial charge in [0.15, 0.2) is 0 Å². The summed E-state index contributed by atoms with van der Waals surface area (Å²) in [5, 5.41) is 0. The van der Waals surface area contributed by atoms with E-state index in [1.165, 1.54) is 0 Å². The molecule has 82 valence electrons. The molecule has 0 bridgehead atoms. The van der Waals surface area contributed by atoms with Crippen LogP contribution in [0.25, 0.3) is 0 Å². The van der Waals surface area contributed by atoms with E-state index in [1.54, 1.807) is 20.8 Å². The van der Waals surface area contributed by atoms with Crippen LogP contribution in [0.3, 0.4) is 0 Å². The second kappa shape index (κ2) is 6.02. The normalized spacial score (nSPS) is 11.1. The van der Waals surface area contributed by atoms with Crippen molar-refractivity contribution in [1.82, 2.24) is 0 Å². The molecule has 0 rings (SSSR count). The van der Waals surface area contributed by atoms with Crippen LogP contribution in [-0.2, 0) is 14.3 Å². The van der Waals surface area contributed by atoms with Crippen molar-refractivity contribution in [3.63, 3.8) is 0 Å². The Morgan fingerprint density at radius 1 is 1.36 bits per heavy atom. The molecular weight excluding hydrogens is 204 g/mol. The Balaban J connectivity index is 4.28. The predicted octanol–water partition coefficient (Wildman–Crippen LogP) is 2.16. The number of Topliss-reactive ketones (excluding diaryl/α,β-unsaturated/α-hetero) is 1. The Morgan fingerprint density at radius 3 is 2.36 bits per heavy atom. The third-order valence-corrected chi connectivity index (χ3v) is 2.29. The number of carbonyl (C=O) groups excluding carboxylic acids is 2. The summed E-state index contributed by atoms with van der Waals surface area (Å²) >= 11 is 5.47. The average Bonchev–Trinajstić information content (AvgIpc) is 2.14. The predicted molar refractivity (Wildman–Crippen MR) is 55.4 cm³/mol. The van der Waals surface area contributed by atoms with Crippen molar-refractivity contribution in [2.45, 2.75) is 33.6 Å². The van der Waals surface area contributed by atoms with Gasteiger partial charge >= 0.3 is 5.97 Å². The molecule has 0 aromatic carbocycles. The fraction of sp³-hybridized carbons (Fsp3) is 0.800. The molecule has 0 saturated heterocycles. The first-order valence-corrected chi connectivity index (χ1v) is 5.26. The van der Waals surface area contributed by atoms with Crippen LogP contribution in [0.4, 0.5) is 0 Å². The Labute approximate surface area is 89.8 Å². The van der Waals surface area contributed by atoms with Gasteiger partial charge in [-0.15, -0.1) is 11.6 Å². The molecular formula is C10H17ClO3. The molecule has 0 aliphatic rings. The van der Waals surface area contributed by atoms with Gasteiger partial charge in [-0.3, -0.25) is 9.59 Å². The molecule has 3 nitrogen and oxygen atoms in total. The van der Waals surface area contributed by atoms with Gasteiger partial charge in [0.1, 0.15) is 11.2 Å². The first-order chi connectivity index (χ1) is 6.46. The lowest BCUT2D eigenvalue weighted by Crippen LogP contribution is -2.35. The zero-order valence-electron chi connectivity index (χ0n) is 8.93. The van der Waals surface area contributed by atoms with Crippen molar-refractivity contribution in [2.75, 3.05) is 12.5 Å². The minimum Gasteiger partial charge on any atom is -0.465 e. The maximum Gasteiger partial charge on any atom is 0.319 e. The number of ether oxygens (including phenoxy) is 1. The number of ketones is 1. The molecule has 0 fully saturated rings. The fourth-order valence-corrected chi connectivity index (χ4v) is 1.10. The summed E-state index contributed by atoms with van der Waals surface area (Å²) in [6.45, 7) is 5.19. The smallest absolute Gasteiger partial charge is 0.319 e. The Morgan fingerprint density at radius 2 is 1.93 bits per heavy atom. The summed E-state index contributed by atoms with van der Waals surface area (Å²) in [6.07, 6.45) is 0.929. The van der Waals surface area contributed by atoms with Gasteiger partial charge < -0.3 is 4.74 Å². The van der Waals surface area contributed by atoms with Crippen LogP contribution in [-0.4, -0.2) is 24.2 Å². The highest BCUT2D eigenvalue weighted by Crippen LogP contribution is 2.21. The van der Waals surface area contributed by atoms with Crippen LogP contribution in [0.5, 0.6) is 0 Å². The monoisotopic (exact) mass is 220 g/mol. The van der Waals surface area contributed by atoms with Crippen LogP contribution in [0.1, 0.15) is 33.6 Å². The summed E-state index contributed by atoms with van der Waals surface area (Å²) < 4.78 is 4.82. The van der Waals surface area contributed by atoms with Gasteiger partial charge in [-0.05, 0) is 27.2 Å². The number of hydrogen-bond donors (Lipinski definition) is 0. The lowest BCUT2D eigenvalue weighted by atomic mass is 9.86. The van der Waals surface area contributed by atoms with Crippen molar-refractivity contribution in [3.05, 3.63) is 0 Å². The molecule has 0 atom stereocenters. The molecule has 0 N–H and O–H groups in total. The maximum atomic E-state index is 11.6. The van der Waals surface area contributed by atoms with Crippen molar-refractivity contribution >= 4 is 23.4 Å². The lowest BCUT2D eigenvalue weighted by molar-refractivity contribution is -0.157. The molecule has 0 aliphatic heterocycles. The summed E-state index contributed by atoms with van der Waals surface area (Å²) in [6, 6.07) is 0. The summed E-state index contributed by atoms with van der Waals surface area (Å²) in [7, 11) is 0. The number of esters is 1. The molecule has 0 aromatic heterocycles. The van der Waals surface area contributed by atoms with E-state index >= 15 is 0 Å². The van der Waals surface area contributed by atoms with Crippen molar-refractivity contribution < 1.29 is 14.3 Å². The molecule has 0 unspecified atom stereocenters. The molecule has 4 heteroatoms. The number of carbonyl (C=O) groups is 2. The summed E-state index contributed by atoms with van der Waals surface area (Å²) in [4.78, 5) is 23.0. The van der Waals surface area contributed by atoms with E-state index in [0.717, 1.165) is 0 Å². The molecule has 0 amide bonds. The van der Waals surface area contributed by atoms with Crippen molar-refractivity contribution in [2.24, 2.45) is 5.41 Å². The third kappa shape index (κ3) is 3.66. The van der Waals surface area contributed by atoms with Crippen LogP contribution < -0.4 is 0 Å². The van der Waals surface area contributed by atoms with Gasteiger partial charge in [-0.1, -0.05) is 0 Å². The van der Waals surface area contributed by atoms with E-state index in [4.69, 9.17) is 16.3 Å².